The smallest absolute Gasteiger partial charge is 0.224 e. The van der Waals surface area contributed by atoms with Crippen molar-refractivity contribution in [3.8, 4) is 5.75 Å². The van der Waals surface area contributed by atoms with Crippen LogP contribution in [0.3, 0.4) is 0 Å². The summed E-state index contributed by atoms with van der Waals surface area (Å²) in [5.74, 6) is 6.48. The van der Waals surface area contributed by atoms with Crippen molar-refractivity contribution in [2.24, 2.45) is 0 Å². The lowest BCUT2D eigenvalue weighted by atomic mass is 9.97. The molecule has 0 atom stereocenters. The molecule has 0 saturated heterocycles. The fourth-order valence-corrected chi connectivity index (χ4v) is 15.4. The molecule has 15 nitrogen and oxygen atoms in total. The van der Waals surface area contributed by atoms with E-state index in [9.17, 15) is 4.79 Å². The van der Waals surface area contributed by atoms with Crippen LogP contribution in [-0.2, 0) is 11.2 Å². The number of aromatic nitrogens is 11. The summed E-state index contributed by atoms with van der Waals surface area (Å²) in [6.45, 7) is 45.4. The van der Waals surface area contributed by atoms with Crippen molar-refractivity contribution >= 4 is 105 Å². The molecule has 672 valence electrons. The maximum atomic E-state index is 11.3. The summed E-state index contributed by atoms with van der Waals surface area (Å²) in [6.07, 6.45) is 23.5. The van der Waals surface area contributed by atoms with Gasteiger partial charge in [-0.3, -0.25) is 59.6 Å². The predicted molar refractivity (Wildman–Crippen MR) is 552 cm³/mol. The Morgan fingerprint density at radius 2 is 0.710 bits per heavy atom. The third-order valence-electron chi connectivity index (χ3n) is 23.0. The highest BCUT2D eigenvalue weighted by atomic mass is 16.5. The molecule has 0 aliphatic carbocycles. The first kappa shape index (κ1) is 97.9. The number of fused-ring (bicyclic) bond motifs is 10. The lowest BCUT2D eigenvalue weighted by molar-refractivity contribution is -0.116. The number of anilines is 2. The van der Waals surface area contributed by atoms with Gasteiger partial charge in [-0.05, 0) is 229 Å². The van der Waals surface area contributed by atoms with E-state index in [2.05, 4.69) is 362 Å². The number of aryl methyl sites for hydroxylation is 1. The molecule has 0 radical (unpaired) electrons. The summed E-state index contributed by atoms with van der Waals surface area (Å²) in [6, 6.07) is 81.2. The van der Waals surface area contributed by atoms with Crippen molar-refractivity contribution in [3.63, 3.8) is 0 Å². The van der Waals surface area contributed by atoms with E-state index in [-0.39, 0.29) is 5.91 Å². The number of carbonyl (C=O) groups is 1. The van der Waals surface area contributed by atoms with E-state index >= 15 is 0 Å². The Labute approximate surface area is 776 Å². The molecule has 15 heteroatoms. The van der Waals surface area contributed by atoms with Gasteiger partial charge in [0.25, 0.3) is 0 Å². The lowest BCUT2D eigenvalue weighted by Gasteiger charge is -2.20. The van der Waals surface area contributed by atoms with Crippen LogP contribution in [0.15, 0.2) is 311 Å². The van der Waals surface area contributed by atoms with Crippen LogP contribution in [0.25, 0.3) is 87.4 Å². The van der Waals surface area contributed by atoms with Crippen LogP contribution in [-0.4, -0.2) is 73.9 Å². The molecular weight excluding hydrogens is 1610 g/mol. The summed E-state index contributed by atoms with van der Waals surface area (Å²) >= 11 is 0. The highest BCUT2D eigenvalue weighted by Gasteiger charge is 2.21. The molecule has 2 N–H and O–H groups in total. The van der Waals surface area contributed by atoms with Gasteiger partial charge >= 0.3 is 0 Å². The van der Waals surface area contributed by atoms with Gasteiger partial charge in [-0.1, -0.05) is 266 Å². The SMILES string of the molecule is CC(C)c1ccc2c(c1)OCCN2.CC(C)c1ccc2ncccc2c1.CC(C)c1ccc2nccnc2c1.CC(C)c1cccc2cccnc12.CC(C)c1cccc2ncccc12.CC(C)c1ccnc2c1NC(=O)CC2.CC(C)c1ccnc2ccccc12.CC(C)c1ccnc2cccnc12.CC(C)c1cnc2ccccc2c1.CC(C)c1cncc2ccccc12. The number of hydrogen-bond acceptors (Lipinski definition) is 14. The van der Waals surface area contributed by atoms with Gasteiger partial charge in [0, 0.05) is 126 Å². The molecule has 1 amide bonds. The Morgan fingerprint density at radius 1 is 0.275 bits per heavy atom. The molecule has 0 bridgehead atoms. The van der Waals surface area contributed by atoms with Crippen LogP contribution in [0.1, 0.15) is 265 Å². The number of nitrogens with one attached hydrogen (secondary N) is 2. The number of para-hydroxylation sites is 3. The Kier molecular flexibility index (Phi) is 36.4. The van der Waals surface area contributed by atoms with E-state index < -0.39 is 0 Å². The predicted octanol–water partition coefficient (Wildman–Crippen LogP) is 30.4. The second-order valence-corrected chi connectivity index (χ2v) is 36.0. The minimum absolute atomic E-state index is 0.104. The van der Waals surface area contributed by atoms with Gasteiger partial charge in [0.05, 0.1) is 66.7 Å². The number of amides is 1. The molecule has 0 spiro atoms. The Bertz CT molecular complexity index is 5970. The molecule has 18 aromatic rings. The first-order valence-corrected chi connectivity index (χ1v) is 46.4. The van der Waals surface area contributed by atoms with E-state index in [0.717, 1.165) is 92.0 Å². The molecule has 131 heavy (non-hydrogen) atoms. The molecule has 2 aliphatic heterocycles. The first-order chi connectivity index (χ1) is 63.2. The number of ether oxygens (including phenoxy) is 1. The zero-order valence-electron chi connectivity index (χ0n) is 80.3. The van der Waals surface area contributed by atoms with Crippen LogP contribution in [0.5, 0.6) is 5.75 Å². The number of carbonyl (C=O) groups excluding carboxylic acids is 1. The van der Waals surface area contributed by atoms with Gasteiger partial charge in [-0.15, -0.1) is 0 Å². The third-order valence-corrected chi connectivity index (χ3v) is 23.0. The zero-order chi connectivity index (χ0) is 93.5. The van der Waals surface area contributed by atoms with Gasteiger partial charge in [0.1, 0.15) is 12.4 Å². The number of hydrogen-bond donors (Lipinski definition) is 2. The van der Waals surface area contributed by atoms with E-state index in [0.29, 0.717) is 65.6 Å². The Morgan fingerprint density at radius 3 is 1.38 bits per heavy atom. The van der Waals surface area contributed by atoms with E-state index in [1.54, 1.807) is 12.4 Å². The molecule has 20 rings (SSSR count). The number of benzene rings is 8. The van der Waals surface area contributed by atoms with Gasteiger partial charge in [0.15, 0.2) is 0 Å². The quantitative estimate of drug-likeness (QED) is 0.131. The second-order valence-electron chi connectivity index (χ2n) is 36.0. The monoisotopic (exact) mass is 1740 g/mol. The maximum absolute atomic E-state index is 11.3. The fourth-order valence-electron chi connectivity index (χ4n) is 15.4. The number of nitrogens with zero attached hydrogens (tertiary/aromatic N) is 11. The molecule has 0 unspecified atom stereocenters. The van der Waals surface area contributed by atoms with Crippen LogP contribution in [0, 0.1) is 0 Å². The molecule has 0 fully saturated rings. The summed E-state index contributed by atoms with van der Waals surface area (Å²) < 4.78 is 5.55. The summed E-state index contributed by atoms with van der Waals surface area (Å²) in [7, 11) is 0. The van der Waals surface area contributed by atoms with E-state index in [1.165, 1.54) is 93.3 Å². The summed E-state index contributed by atoms with van der Waals surface area (Å²) in [5, 5.41) is 15.0. The van der Waals surface area contributed by atoms with E-state index in [4.69, 9.17) is 4.74 Å². The van der Waals surface area contributed by atoms with Gasteiger partial charge < -0.3 is 15.4 Å². The molecule has 2 aliphatic rings. The van der Waals surface area contributed by atoms with Crippen molar-refractivity contribution in [1.82, 2.24) is 54.8 Å². The third kappa shape index (κ3) is 27.7. The second kappa shape index (κ2) is 48.7. The zero-order valence-corrected chi connectivity index (χ0v) is 80.3. The summed E-state index contributed by atoms with van der Waals surface area (Å²) in [4.78, 5) is 58.6. The summed E-state index contributed by atoms with van der Waals surface area (Å²) in [5.41, 5.74) is 25.7. The number of pyridine rings is 9. The lowest BCUT2D eigenvalue weighted by Crippen LogP contribution is -2.21. The van der Waals surface area contributed by atoms with Crippen LogP contribution >= 0.6 is 0 Å². The normalized spacial score (nSPS) is 11.8. The largest absolute Gasteiger partial charge is 0.490 e. The van der Waals surface area contributed by atoms with Gasteiger partial charge in [-0.25, -0.2) is 0 Å². The molecular formula is C116H131N13O2. The van der Waals surface area contributed by atoms with Crippen LogP contribution in [0.4, 0.5) is 11.4 Å². The molecule has 8 aromatic carbocycles. The number of rotatable bonds is 10. The Balaban J connectivity index is 0.000000141. The average Bonchev–Trinajstić information content (AvgIpc) is 0.800. The highest BCUT2D eigenvalue weighted by Crippen LogP contribution is 2.34. The van der Waals surface area contributed by atoms with Gasteiger partial charge in [-0.2, -0.15) is 0 Å². The van der Waals surface area contributed by atoms with Crippen LogP contribution in [0.2, 0.25) is 0 Å². The highest BCUT2D eigenvalue weighted by molar-refractivity contribution is 5.95. The minimum atomic E-state index is 0.104. The van der Waals surface area contributed by atoms with Crippen molar-refractivity contribution in [2.75, 3.05) is 23.8 Å². The van der Waals surface area contributed by atoms with Crippen LogP contribution < -0.4 is 15.4 Å². The van der Waals surface area contributed by atoms with E-state index in [1.807, 2.05) is 141 Å². The molecule has 0 saturated carbocycles. The van der Waals surface area contributed by atoms with Crippen molar-refractivity contribution in [2.45, 2.75) is 210 Å². The minimum Gasteiger partial charge on any atom is -0.490 e. The topological polar surface area (TPSA) is 192 Å². The average molecular weight is 1740 g/mol. The van der Waals surface area contributed by atoms with Crippen molar-refractivity contribution in [3.05, 3.63) is 372 Å². The fraction of sp³-hybridized carbons (Fsp3) is 0.293. The van der Waals surface area contributed by atoms with Gasteiger partial charge in [0.2, 0.25) is 5.91 Å². The standard InChI is InChI=1S/6C12H13N.C11H14N2O.2C11H12N2.C11H15NO/c1-9(2)10-5-3-7-12-11(10)6-4-8-13-12;1-9(2)11-7-3-5-10-6-4-8-13-12(10)11;1-9(2)10-5-6-12-11(8-10)4-3-7-13-12;1-9(2)11-7-10-5-3-4-6-12(10)13-8-11;1-9(2)12-8-13-7-10-5-3-4-6-11(10)12;1-9(2)10-7-8-13-12-6-4-3-5-11(10)12;1-7(2)8-5-6-12-9-3-4-10(14)13-11(8)9;1-8(2)9-3-4-10-11(7-9)13-6-5-12-10;1-8(2)9-5-7-12-10-4-3-6-13-11(9)10;1-8(2)9-3-4-10-11(7-9)13-6-5-12-10/h6*3-9H,1-2H3;5-7H,3-4H2,1-2H3,(H,13,14);2*3-8H,1-2H3;3-4,7-8,12H,5-6H2,1-2H3. The van der Waals surface area contributed by atoms with Crippen molar-refractivity contribution < 1.29 is 9.53 Å². The maximum Gasteiger partial charge on any atom is 0.224 e. The first-order valence-electron chi connectivity index (χ1n) is 46.4. The molecule has 12 heterocycles. The Hall–Kier alpha value is -13.7. The molecule has 10 aromatic heterocycles. The van der Waals surface area contributed by atoms with Crippen molar-refractivity contribution in [1.29, 1.82) is 0 Å².